The van der Waals surface area contributed by atoms with E-state index >= 15 is 0 Å². The molecule has 4 rings (SSSR count). The van der Waals surface area contributed by atoms with Gasteiger partial charge < -0.3 is 10.1 Å². The summed E-state index contributed by atoms with van der Waals surface area (Å²) in [5.41, 5.74) is 4.42. The first-order chi connectivity index (χ1) is 14.2. The minimum atomic E-state index is -0.105. The van der Waals surface area contributed by atoms with Crippen molar-refractivity contribution in [3.05, 3.63) is 77.1 Å². The Labute approximate surface area is 170 Å². The van der Waals surface area contributed by atoms with Crippen LogP contribution in [-0.2, 0) is 31.0 Å². The molecule has 0 fully saturated rings. The standard InChI is InChI=1S/C22H25N5O2/c1-17-6-8-18(9-7-17)12-26-13-19-4-2-3-5-21(19)29-11-10-23-22(28)16-27-15-20(14-26)24-25-27/h2-9,15H,10-14,16H2,1H3,(H,23,28). The molecule has 0 atom stereocenters. The fourth-order valence-corrected chi connectivity index (χ4v) is 3.41. The number of ether oxygens (including phenoxy) is 1. The predicted octanol–water partition coefficient (Wildman–Crippen LogP) is 2.30. The smallest absolute Gasteiger partial charge is 0.241 e. The molecular weight excluding hydrogens is 366 g/mol. The Balaban J connectivity index is 1.62. The molecule has 0 aliphatic carbocycles. The average molecular weight is 391 g/mol. The van der Waals surface area contributed by atoms with Gasteiger partial charge in [-0.3, -0.25) is 9.69 Å². The molecule has 7 heteroatoms. The van der Waals surface area contributed by atoms with E-state index in [-0.39, 0.29) is 12.5 Å². The molecule has 0 radical (unpaired) electrons. The summed E-state index contributed by atoms with van der Waals surface area (Å²) < 4.78 is 7.53. The van der Waals surface area contributed by atoms with Gasteiger partial charge in [0, 0.05) is 25.2 Å². The van der Waals surface area contributed by atoms with Crippen molar-refractivity contribution >= 4 is 5.91 Å². The summed E-state index contributed by atoms with van der Waals surface area (Å²) >= 11 is 0. The van der Waals surface area contributed by atoms with Crippen LogP contribution in [0.1, 0.15) is 22.4 Å². The first kappa shape index (κ1) is 19.1. The van der Waals surface area contributed by atoms with Crippen LogP contribution < -0.4 is 10.1 Å². The summed E-state index contributed by atoms with van der Waals surface area (Å²) in [5, 5.41) is 11.2. The van der Waals surface area contributed by atoms with Gasteiger partial charge in [-0.1, -0.05) is 53.2 Å². The molecule has 0 spiro atoms. The first-order valence-electron chi connectivity index (χ1n) is 9.80. The van der Waals surface area contributed by atoms with Crippen LogP contribution in [0.25, 0.3) is 0 Å². The van der Waals surface area contributed by atoms with E-state index in [0.29, 0.717) is 19.7 Å². The zero-order chi connectivity index (χ0) is 20.1. The van der Waals surface area contributed by atoms with Crippen molar-refractivity contribution < 1.29 is 9.53 Å². The molecule has 2 aromatic carbocycles. The number of fused-ring (bicyclic) bond motifs is 3. The molecule has 1 aliphatic rings. The van der Waals surface area contributed by atoms with E-state index in [0.717, 1.165) is 30.1 Å². The van der Waals surface area contributed by atoms with Crippen LogP contribution in [0.2, 0.25) is 0 Å². The number of aryl methyl sites for hydroxylation is 1. The van der Waals surface area contributed by atoms with Gasteiger partial charge in [0.15, 0.2) is 0 Å². The fourth-order valence-electron chi connectivity index (χ4n) is 3.41. The molecule has 1 N–H and O–H groups in total. The summed E-state index contributed by atoms with van der Waals surface area (Å²) in [5.74, 6) is 0.739. The second kappa shape index (κ2) is 8.87. The maximum atomic E-state index is 12.1. The molecule has 1 amide bonds. The molecule has 0 saturated heterocycles. The van der Waals surface area contributed by atoms with Crippen LogP contribution >= 0.6 is 0 Å². The molecule has 7 nitrogen and oxygen atoms in total. The molecule has 150 valence electrons. The Morgan fingerprint density at radius 1 is 1.07 bits per heavy atom. The number of carbonyl (C=O) groups is 1. The second-order valence-corrected chi connectivity index (χ2v) is 7.34. The normalized spacial score (nSPS) is 15.7. The quantitative estimate of drug-likeness (QED) is 0.726. The zero-order valence-corrected chi connectivity index (χ0v) is 16.5. The minimum absolute atomic E-state index is 0.105. The number of nitrogens with one attached hydrogen (secondary N) is 1. The topological polar surface area (TPSA) is 72.3 Å². The van der Waals surface area contributed by atoms with E-state index in [9.17, 15) is 4.79 Å². The van der Waals surface area contributed by atoms with Gasteiger partial charge in [0.25, 0.3) is 0 Å². The Bertz CT molecular complexity index is 967. The third kappa shape index (κ3) is 5.20. The third-order valence-corrected chi connectivity index (χ3v) is 4.85. The molecule has 2 bridgehead atoms. The molecule has 0 unspecified atom stereocenters. The van der Waals surface area contributed by atoms with Gasteiger partial charge in [-0.15, -0.1) is 5.10 Å². The Morgan fingerprint density at radius 2 is 1.90 bits per heavy atom. The fraction of sp³-hybridized carbons (Fsp3) is 0.318. The van der Waals surface area contributed by atoms with Crippen molar-refractivity contribution in [3.63, 3.8) is 0 Å². The van der Waals surface area contributed by atoms with Crippen molar-refractivity contribution in [1.29, 1.82) is 0 Å². The number of rotatable bonds is 2. The maximum absolute atomic E-state index is 12.1. The second-order valence-electron chi connectivity index (χ2n) is 7.34. The monoisotopic (exact) mass is 391 g/mol. The van der Waals surface area contributed by atoms with E-state index in [2.05, 4.69) is 57.8 Å². The van der Waals surface area contributed by atoms with Crippen molar-refractivity contribution in [1.82, 2.24) is 25.2 Å². The Morgan fingerprint density at radius 3 is 2.76 bits per heavy atom. The van der Waals surface area contributed by atoms with Gasteiger partial charge in [0.1, 0.15) is 18.9 Å². The van der Waals surface area contributed by atoms with Crippen molar-refractivity contribution in [2.24, 2.45) is 0 Å². The van der Waals surface area contributed by atoms with Gasteiger partial charge in [-0.25, -0.2) is 4.68 Å². The van der Waals surface area contributed by atoms with Crippen molar-refractivity contribution in [2.75, 3.05) is 13.2 Å². The average Bonchev–Trinajstić information content (AvgIpc) is 3.14. The van der Waals surface area contributed by atoms with E-state index in [1.165, 1.54) is 11.1 Å². The predicted molar refractivity (Wildman–Crippen MR) is 109 cm³/mol. The van der Waals surface area contributed by atoms with Gasteiger partial charge >= 0.3 is 0 Å². The lowest BCUT2D eigenvalue weighted by molar-refractivity contribution is -0.121. The lowest BCUT2D eigenvalue weighted by atomic mass is 10.1. The Hall–Kier alpha value is -3.19. The highest BCUT2D eigenvalue weighted by Crippen LogP contribution is 2.22. The highest BCUT2D eigenvalue weighted by molar-refractivity contribution is 5.75. The number of amides is 1. The van der Waals surface area contributed by atoms with Gasteiger partial charge in [0.2, 0.25) is 5.91 Å². The third-order valence-electron chi connectivity index (χ3n) is 4.85. The van der Waals surface area contributed by atoms with Crippen LogP contribution in [0.15, 0.2) is 54.7 Å². The molecular formula is C22H25N5O2. The number of hydrogen-bond donors (Lipinski definition) is 1. The van der Waals surface area contributed by atoms with Gasteiger partial charge in [-0.2, -0.15) is 0 Å². The minimum Gasteiger partial charge on any atom is -0.491 e. The number of benzene rings is 2. The SMILES string of the molecule is Cc1ccc(CN2Cc3cn(nn3)CC(=O)NCCOc3ccccc3C2)cc1. The summed E-state index contributed by atoms with van der Waals surface area (Å²) in [6, 6.07) is 16.6. The largest absolute Gasteiger partial charge is 0.491 e. The van der Waals surface area contributed by atoms with Gasteiger partial charge in [0.05, 0.1) is 18.4 Å². The molecule has 1 aromatic heterocycles. The van der Waals surface area contributed by atoms with Gasteiger partial charge in [-0.05, 0) is 18.6 Å². The van der Waals surface area contributed by atoms with Crippen LogP contribution in [0.3, 0.4) is 0 Å². The summed E-state index contributed by atoms with van der Waals surface area (Å²) in [6.45, 7) is 5.25. The molecule has 3 aromatic rings. The highest BCUT2D eigenvalue weighted by Gasteiger charge is 2.15. The van der Waals surface area contributed by atoms with Crippen molar-refractivity contribution in [2.45, 2.75) is 33.1 Å². The number of para-hydroxylation sites is 1. The lowest BCUT2D eigenvalue weighted by Crippen LogP contribution is -2.31. The van der Waals surface area contributed by atoms with Crippen molar-refractivity contribution in [3.8, 4) is 5.75 Å². The van der Waals surface area contributed by atoms with Crippen LogP contribution in [-0.4, -0.2) is 39.0 Å². The van der Waals surface area contributed by atoms with Crippen LogP contribution in [0.5, 0.6) is 5.75 Å². The van der Waals surface area contributed by atoms with E-state index in [4.69, 9.17) is 4.74 Å². The maximum Gasteiger partial charge on any atom is 0.241 e. The molecule has 0 saturated carbocycles. The molecule has 29 heavy (non-hydrogen) atoms. The summed E-state index contributed by atoms with van der Waals surface area (Å²) in [6.07, 6.45) is 1.84. The number of nitrogens with zero attached hydrogens (tertiary/aromatic N) is 4. The first-order valence-corrected chi connectivity index (χ1v) is 9.80. The lowest BCUT2D eigenvalue weighted by Gasteiger charge is -2.23. The van der Waals surface area contributed by atoms with Crippen LogP contribution in [0.4, 0.5) is 0 Å². The Kier molecular flexibility index (Phi) is 5.86. The summed E-state index contributed by atoms with van der Waals surface area (Å²) in [7, 11) is 0. The number of carbonyl (C=O) groups excluding carboxylic acids is 1. The molecule has 2 heterocycles. The number of hydrogen-bond acceptors (Lipinski definition) is 5. The molecule has 1 aliphatic heterocycles. The van der Waals surface area contributed by atoms with E-state index in [1.807, 2.05) is 24.4 Å². The summed E-state index contributed by atoms with van der Waals surface area (Å²) in [4.78, 5) is 14.4. The number of aromatic nitrogens is 3. The van der Waals surface area contributed by atoms with E-state index < -0.39 is 0 Å². The van der Waals surface area contributed by atoms with Crippen LogP contribution in [0, 0.1) is 6.92 Å². The zero-order valence-electron chi connectivity index (χ0n) is 16.5. The van der Waals surface area contributed by atoms with E-state index in [1.54, 1.807) is 4.68 Å². The highest BCUT2D eigenvalue weighted by atomic mass is 16.5.